The quantitative estimate of drug-likeness (QED) is 0.0168. The number of nitrogens with zero attached hydrogens (tertiary/aromatic N) is 3. The first-order valence-corrected chi connectivity index (χ1v) is 30.2. The molecule has 2 aromatic heterocycles. The summed E-state index contributed by atoms with van der Waals surface area (Å²) in [5, 5.41) is 32.5. The van der Waals surface area contributed by atoms with Crippen molar-refractivity contribution in [3.8, 4) is 11.4 Å². The zero-order chi connectivity index (χ0) is 66.6. The lowest BCUT2D eigenvalue weighted by Crippen LogP contribution is -2.53. The molecule has 10 amide bonds. The molecule has 0 spiro atoms. The van der Waals surface area contributed by atoms with Crippen LogP contribution < -0.4 is 48.1 Å². The molecule has 29 heteroatoms. The van der Waals surface area contributed by atoms with Crippen LogP contribution in [0.3, 0.4) is 0 Å². The van der Waals surface area contributed by atoms with Gasteiger partial charge in [0.25, 0.3) is 17.4 Å². The molecule has 0 bridgehead atoms. The Kier molecular flexibility index (Phi) is 22.2. The molecule has 4 atom stereocenters. The van der Waals surface area contributed by atoms with Crippen molar-refractivity contribution in [1.29, 1.82) is 0 Å². The second kappa shape index (κ2) is 29.9. The molecule has 8 rings (SSSR count). The Bertz CT molecular complexity index is 3700. The second-order valence-corrected chi connectivity index (χ2v) is 23.5. The number of hydrogen-bond donors (Lipinski definition) is 9. The van der Waals surface area contributed by atoms with Crippen LogP contribution in [-0.4, -0.2) is 161 Å². The van der Waals surface area contributed by atoms with Crippen LogP contribution in [0.2, 0.25) is 0 Å². The molecule has 9 N–H and O–H groups in total. The Labute approximate surface area is 526 Å². The number of rotatable bonds is 29. The van der Waals surface area contributed by atoms with E-state index in [0.717, 1.165) is 22.6 Å². The van der Waals surface area contributed by atoms with Gasteiger partial charge in [-0.25, -0.2) is 14.2 Å². The van der Waals surface area contributed by atoms with Gasteiger partial charge < -0.3 is 66.4 Å². The second-order valence-electron chi connectivity index (χ2n) is 23.5. The maximum Gasteiger partial charge on any atom is 0.343 e. The third-order valence-corrected chi connectivity index (χ3v) is 15.8. The zero-order valence-electron chi connectivity index (χ0n) is 51.6. The van der Waals surface area contributed by atoms with E-state index in [2.05, 4.69) is 42.5 Å². The number of aryl methyl sites for hydroxylation is 1. The van der Waals surface area contributed by atoms with Gasteiger partial charge in [0, 0.05) is 80.0 Å². The van der Waals surface area contributed by atoms with Gasteiger partial charge in [-0.05, 0) is 81.7 Å². The van der Waals surface area contributed by atoms with Gasteiger partial charge in [-0.15, -0.1) is 0 Å². The van der Waals surface area contributed by atoms with Crippen LogP contribution in [0.5, 0.6) is 0 Å². The summed E-state index contributed by atoms with van der Waals surface area (Å²) in [4.78, 5) is 173. The molecule has 2 aromatic carbocycles. The third-order valence-electron chi connectivity index (χ3n) is 15.8. The van der Waals surface area contributed by atoms with Crippen molar-refractivity contribution in [2.24, 2.45) is 0 Å². The number of fused-ring (bicyclic) bond motifs is 5. The van der Waals surface area contributed by atoms with E-state index in [1.54, 1.807) is 71.0 Å². The summed E-state index contributed by atoms with van der Waals surface area (Å²) < 4.78 is 32.9. The molecule has 92 heavy (non-hydrogen) atoms. The number of esters is 2. The maximum absolute atomic E-state index is 15.4. The highest BCUT2D eigenvalue weighted by atomic mass is 19.1. The van der Waals surface area contributed by atoms with E-state index in [-0.39, 0.29) is 102 Å². The van der Waals surface area contributed by atoms with Crippen LogP contribution in [0.25, 0.3) is 22.3 Å². The lowest BCUT2D eigenvalue weighted by atomic mass is 9.81. The van der Waals surface area contributed by atoms with E-state index >= 15 is 4.39 Å². The van der Waals surface area contributed by atoms with E-state index in [4.69, 9.17) is 19.2 Å². The van der Waals surface area contributed by atoms with Crippen LogP contribution in [0.1, 0.15) is 118 Å². The van der Waals surface area contributed by atoms with Crippen molar-refractivity contribution in [2.45, 2.75) is 135 Å². The number of cyclic esters (lactones) is 1. The predicted octanol–water partition coefficient (Wildman–Crippen LogP) is -0.342. The fourth-order valence-corrected chi connectivity index (χ4v) is 11.1. The van der Waals surface area contributed by atoms with Crippen molar-refractivity contribution in [2.75, 3.05) is 52.5 Å². The minimum atomic E-state index is -2.06. The molecule has 0 saturated heterocycles. The summed E-state index contributed by atoms with van der Waals surface area (Å²) in [6.07, 6.45) is 2.08. The first-order valence-electron chi connectivity index (χ1n) is 30.2. The monoisotopic (exact) mass is 1280 g/mol. The number of amides is 10. The molecule has 28 nitrogen and oxygen atoms in total. The largest absolute Gasteiger partial charge is 0.460 e. The molecule has 4 aliphatic rings. The first-order chi connectivity index (χ1) is 43.7. The zero-order valence-corrected chi connectivity index (χ0v) is 51.6. The smallest absolute Gasteiger partial charge is 0.343 e. The molecule has 0 unspecified atom stereocenters. The van der Waals surface area contributed by atoms with E-state index < -0.39 is 132 Å². The van der Waals surface area contributed by atoms with Gasteiger partial charge in [0.15, 0.2) is 5.60 Å². The summed E-state index contributed by atoms with van der Waals surface area (Å²) in [5.74, 6) is -8.67. The molecule has 0 saturated carbocycles. The number of halogens is 1. The van der Waals surface area contributed by atoms with Crippen molar-refractivity contribution >= 4 is 81.9 Å². The topological polar surface area (TPSA) is 387 Å². The highest BCUT2D eigenvalue weighted by Crippen LogP contribution is 2.46. The van der Waals surface area contributed by atoms with Crippen molar-refractivity contribution in [3.63, 3.8) is 0 Å². The van der Waals surface area contributed by atoms with E-state index in [9.17, 15) is 67.4 Å². The Hall–Kier alpha value is -9.77. The van der Waals surface area contributed by atoms with Gasteiger partial charge in [0.05, 0.1) is 74.3 Å². The van der Waals surface area contributed by atoms with E-state index in [0.29, 0.717) is 57.4 Å². The lowest BCUT2D eigenvalue weighted by molar-refractivity contribution is -0.172. The fraction of sp³-hybridized carbons (Fsp3) is 0.460. The minimum Gasteiger partial charge on any atom is -0.460 e. The average molecular weight is 1280 g/mol. The number of hydrogen-bond acceptors (Lipinski definition) is 18. The number of imide groups is 1. The molecule has 0 radical (unpaired) electrons. The third kappa shape index (κ3) is 16.8. The number of ether oxygens (including phenoxy) is 3. The highest BCUT2D eigenvalue weighted by molar-refractivity contribution is 6.13. The molecule has 490 valence electrons. The Morgan fingerprint density at radius 1 is 0.772 bits per heavy atom. The van der Waals surface area contributed by atoms with Gasteiger partial charge in [-0.3, -0.25) is 62.4 Å². The number of pyridine rings is 2. The standard InChI is InChI=1S/C63H74FN11O17/c1-6-63(89)39-26-45-57-37(32-75(45)60(87)38(39)33-91-61(63)88)56-41(15-14-36-34(2)40(64)27-42(73-57)55(36)56)70-47(77)13-10-20-65-49(79)29-68-58(85)43(25-35-11-8-7-9-12-35)72-51(81)31-67-50(80)30-69-59(86)44(28-54(84)92-62(3,4)5)71-48(78)19-23-90-24-21-66-46(76)18-22-74-52(82)16-17-53(74)83/h7-9,11-12,16-17,26-27,41,43-44,89H,6,10,13-15,18-25,28-33H2,1-5H3,(H,65,79)(H,66,76)(H,67,80)(H,68,85)(H,69,86)(H,70,77)(H,71,78)(H,72,81)/t41-,43-,44-,63-/m0/s1. The Morgan fingerprint density at radius 3 is 2.13 bits per heavy atom. The van der Waals surface area contributed by atoms with Gasteiger partial charge >= 0.3 is 11.9 Å². The molecule has 1 aliphatic carbocycles. The minimum absolute atomic E-state index is 0.0117. The number of aliphatic hydroxyl groups is 1. The van der Waals surface area contributed by atoms with Crippen molar-refractivity contribution in [1.82, 2.24) is 57.0 Å². The van der Waals surface area contributed by atoms with Crippen LogP contribution in [0.4, 0.5) is 4.39 Å². The van der Waals surface area contributed by atoms with Gasteiger partial charge in [-0.1, -0.05) is 37.3 Å². The summed E-state index contributed by atoms with van der Waals surface area (Å²) >= 11 is 0. The van der Waals surface area contributed by atoms with Crippen LogP contribution >= 0.6 is 0 Å². The van der Waals surface area contributed by atoms with Gasteiger partial charge in [0.2, 0.25) is 47.3 Å². The molecular formula is C63H74FN11O17. The lowest BCUT2D eigenvalue weighted by Gasteiger charge is -2.31. The average Bonchev–Trinajstić information content (AvgIpc) is 1.47. The van der Waals surface area contributed by atoms with Crippen molar-refractivity contribution in [3.05, 3.63) is 110 Å². The number of nitrogens with one attached hydrogen (secondary N) is 8. The fourth-order valence-electron chi connectivity index (χ4n) is 11.1. The van der Waals surface area contributed by atoms with Gasteiger partial charge in [-0.2, -0.15) is 0 Å². The van der Waals surface area contributed by atoms with Crippen molar-refractivity contribution < 1.29 is 81.2 Å². The van der Waals surface area contributed by atoms with Crippen LogP contribution in [0.15, 0.2) is 59.4 Å². The maximum atomic E-state index is 15.4. The molecule has 4 aromatic rings. The van der Waals surface area contributed by atoms with Crippen LogP contribution in [0, 0.1) is 12.7 Å². The van der Waals surface area contributed by atoms with E-state index in [1.165, 1.54) is 10.6 Å². The predicted molar refractivity (Wildman–Crippen MR) is 323 cm³/mol. The SMILES string of the molecule is CC[C@@]1(O)C(=O)OCc2c1cc1n(c2=O)Cc2c-1nc1cc(F)c(C)c3c1c2[C@@H](NC(=O)CCCNC(=O)CNC(=O)[C@H](Cc1ccccc1)NC(=O)CNC(=O)CNC(=O)[C@H](CC(=O)OC(C)(C)C)NC(=O)CCOCCNC(=O)CCN1C(=O)C=CC1=O)CC3. The summed E-state index contributed by atoms with van der Waals surface area (Å²) in [7, 11) is 0. The summed E-state index contributed by atoms with van der Waals surface area (Å²) in [6, 6.07) is 8.18. The molecular weight excluding hydrogens is 1200 g/mol. The number of aromatic nitrogens is 2. The normalized spacial score (nSPS) is 16.7. The highest BCUT2D eigenvalue weighted by Gasteiger charge is 2.46. The summed E-state index contributed by atoms with van der Waals surface area (Å²) in [5.41, 5.74) is 0.920. The number of benzene rings is 2. The molecule has 5 heterocycles. The van der Waals surface area contributed by atoms with Gasteiger partial charge in [0.1, 0.15) is 30.1 Å². The summed E-state index contributed by atoms with van der Waals surface area (Å²) in [6.45, 7) is 5.75. The van der Waals surface area contributed by atoms with Crippen LogP contribution in [-0.2, 0) is 103 Å². The Morgan fingerprint density at radius 2 is 1.43 bits per heavy atom. The van der Waals surface area contributed by atoms with E-state index in [1.807, 2.05) is 0 Å². The number of carbonyl (C=O) groups excluding carboxylic acids is 12. The molecule has 0 fully saturated rings. The number of carbonyl (C=O) groups is 12. The Balaban J connectivity index is 0.782. The first kappa shape index (κ1) is 68.1. The molecule has 3 aliphatic heterocycles.